The molecule has 0 aliphatic carbocycles. The van der Waals surface area contributed by atoms with Crippen molar-refractivity contribution in [1.82, 2.24) is 14.9 Å². The third kappa shape index (κ3) is 2.63. The van der Waals surface area contributed by atoms with E-state index in [1.165, 1.54) is 0 Å². The number of carbonyl (C=O) groups is 1. The van der Waals surface area contributed by atoms with Crippen molar-refractivity contribution in [2.45, 2.75) is 19.4 Å². The molecule has 1 aliphatic heterocycles. The van der Waals surface area contributed by atoms with Crippen molar-refractivity contribution in [3.8, 4) is 0 Å². The maximum Gasteiger partial charge on any atom is 0.258 e. The minimum absolute atomic E-state index is 0.102. The number of piperidine rings is 1. The summed E-state index contributed by atoms with van der Waals surface area (Å²) in [6.45, 7) is 2.28. The predicted octanol–water partition coefficient (Wildman–Crippen LogP) is 1.33. The Hall–Kier alpha value is -2.01. The molecule has 1 N–H and O–H groups in total. The van der Waals surface area contributed by atoms with E-state index in [4.69, 9.17) is 0 Å². The van der Waals surface area contributed by atoms with E-state index < -0.39 is 0 Å². The van der Waals surface area contributed by atoms with Crippen LogP contribution >= 0.6 is 0 Å². The van der Waals surface area contributed by atoms with Crippen LogP contribution in [0.1, 0.15) is 18.7 Å². The fourth-order valence-electron chi connectivity index (χ4n) is 2.77. The summed E-state index contributed by atoms with van der Waals surface area (Å²) in [6, 6.07) is 7.33. The Morgan fingerprint density at radius 1 is 1.40 bits per heavy atom. The zero-order valence-electron chi connectivity index (χ0n) is 11.2. The number of H-pyrrole nitrogens is 1. The van der Waals surface area contributed by atoms with E-state index in [-0.39, 0.29) is 11.5 Å². The van der Waals surface area contributed by atoms with Crippen molar-refractivity contribution >= 4 is 17.2 Å². The molecule has 1 atom stereocenters. The Kier molecular flexibility index (Phi) is 3.60. The van der Waals surface area contributed by atoms with Crippen molar-refractivity contribution in [2.75, 3.05) is 13.1 Å². The average Bonchev–Trinajstić information content (AvgIpc) is 2.47. The standard InChI is InChI=1S/C15H17N3O2/c19-10-11-4-3-7-18(8-11)9-14-16-13-6-2-1-5-12(13)15(20)17-14/h1-2,5-6,10-11H,3-4,7-9H2,(H,16,17,20). The zero-order chi connectivity index (χ0) is 13.9. The summed E-state index contributed by atoms with van der Waals surface area (Å²) in [5.74, 6) is 0.774. The summed E-state index contributed by atoms with van der Waals surface area (Å²) < 4.78 is 0. The molecular weight excluding hydrogens is 254 g/mol. The lowest BCUT2D eigenvalue weighted by molar-refractivity contribution is -0.112. The number of carbonyl (C=O) groups excluding carboxylic acids is 1. The van der Waals surface area contributed by atoms with Crippen molar-refractivity contribution in [3.05, 3.63) is 40.4 Å². The SMILES string of the molecule is O=CC1CCCN(Cc2nc3ccccc3c(=O)[nH]2)C1. The van der Waals surface area contributed by atoms with Crippen LogP contribution in [-0.2, 0) is 11.3 Å². The van der Waals surface area contributed by atoms with E-state index in [1.54, 1.807) is 6.07 Å². The summed E-state index contributed by atoms with van der Waals surface area (Å²) in [4.78, 5) is 32.4. The lowest BCUT2D eigenvalue weighted by Crippen LogP contribution is -2.36. The smallest absolute Gasteiger partial charge is 0.258 e. The highest BCUT2D eigenvalue weighted by Crippen LogP contribution is 2.16. The fourth-order valence-corrected chi connectivity index (χ4v) is 2.77. The van der Waals surface area contributed by atoms with Gasteiger partial charge in [-0.15, -0.1) is 0 Å². The molecule has 1 aromatic heterocycles. The van der Waals surface area contributed by atoms with Gasteiger partial charge >= 0.3 is 0 Å². The summed E-state index contributed by atoms with van der Waals surface area (Å²) >= 11 is 0. The van der Waals surface area contributed by atoms with E-state index in [2.05, 4.69) is 14.9 Å². The number of likely N-dealkylation sites (tertiary alicyclic amines) is 1. The van der Waals surface area contributed by atoms with E-state index in [9.17, 15) is 9.59 Å². The second kappa shape index (κ2) is 5.54. The first-order chi connectivity index (χ1) is 9.76. The summed E-state index contributed by atoms with van der Waals surface area (Å²) in [5, 5.41) is 0.612. The Bertz CT molecular complexity index is 680. The molecular formula is C15H17N3O2. The molecule has 20 heavy (non-hydrogen) atoms. The lowest BCUT2D eigenvalue weighted by atomic mass is 10.00. The normalized spacial score (nSPS) is 20.1. The average molecular weight is 271 g/mol. The van der Waals surface area contributed by atoms with Crippen LogP contribution in [0.25, 0.3) is 10.9 Å². The van der Waals surface area contributed by atoms with Gasteiger partial charge in [0.15, 0.2) is 0 Å². The van der Waals surface area contributed by atoms with Gasteiger partial charge in [-0.3, -0.25) is 9.69 Å². The number of hydrogen-bond acceptors (Lipinski definition) is 4. The molecule has 0 bridgehead atoms. The molecule has 0 spiro atoms. The summed E-state index contributed by atoms with van der Waals surface area (Å²) in [6.07, 6.45) is 3.01. The maximum atomic E-state index is 12.0. The van der Waals surface area contributed by atoms with Crippen LogP contribution in [-0.4, -0.2) is 34.2 Å². The minimum Gasteiger partial charge on any atom is -0.309 e. The van der Waals surface area contributed by atoms with E-state index in [0.717, 1.165) is 37.7 Å². The van der Waals surface area contributed by atoms with Crippen LogP contribution in [0.2, 0.25) is 0 Å². The molecule has 1 fully saturated rings. The first-order valence-corrected chi connectivity index (χ1v) is 6.92. The highest BCUT2D eigenvalue weighted by molar-refractivity contribution is 5.77. The Labute approximate surface area is 116 Å². The third-order valence-corrected chi connectivity index (χ3v) is 3.77. The predicted molar refractivity (Wildman–Crippen MR) is 76.4 cm³/mol. The first-order valence-electron chi connectivity index (χ1n) is 6.92. The van der Waals surface area contributed by atoms with E-state index in [1.807, 2.05) is 18.2 Å². The minimum atomic E-state index is -0.102. The number of rotatable bonds is 3. The maximum absolute atomic E-state index is 12.0. The number of nitrogens with zero attached hydrogens (tertiary/aromatic N) is 2. The number of aromatic amines is 1. The van der Waals surface area contributed by atoms with Gasteiger partial charge in [0, 0.05) is 12.5 Å². The Balaban J connectivity index is 1.84. The van der Waals surface area contributed by atoms with Gasteiger partial charge in [0.05, 0.1) is 17.4 Å². The molecule has 1 aromatic carbocycles. The number of benzene rings is 1. The molecule has 2 aromatic rings. The van der Waals surface area contributed by atoms with Crippen molar-refractivity contribution in [3.63, 3.8) is 0 Å². The molecule has 1 unspecified atom stereocenters. The van der Waals surface area contributed by atoms with Crippen LogP contribution in [0.5, 0.6) is 0 Å². The Morgan fingerprint density at radius 3 is 3.10 bits per heavy atom. The van der Waals surface area contributed by atoms with Crippen LogP contribution in [0.15, 0.2) is 29.1 Å². The largest absolute Gasteiger partial charge is 0.309 e. The number of hydrogen-bond donors (Lipinski definition) is 1. The van der Waals surface area contributed by atoms with Gasteiger partial charge in [-0.25, -0.2) is 4.98 Å². The number of aromatic nitrogens is 2. The second-order valence-electron chi connectivity index (χ2n) is 5.30. The number of nitrogens with one attached hydrogen (secondary N) is 1. The first kappa shape index (κ1) is 13.0. The van der Waals surface area contributed by atoms with Crippen LogP contribution in [0.4, 0.5) is 0 Å². The van der Waals surface area contributed by atoms with Gasteiger partial charge < -0.3 is 9.78 Å². The molecule has 104 valence electrons. The van der Waals surface area contributed by atoms with Crippen LogP contribution in [0.3, 0.4) is 0 Å². The molecule has 3 rings (SSSR count). The molecule has 0 amide bonds. The molecule has 0 radical (unpaired) electrons. The van der Waals surface area contributed by atoms with E-state index >= 15 is 0 Å². The van der Waals surface area contributed by atoms with Gasteiger partial charge in [-0.05, 0) is 31.5 Å². The summed E-state index contributed by atoms with van der Waals surface area (Å²) in [7, 11) is 0. The van der Waals surface area contributed by atoms with Crippen molar-refractivity contribution in [1.29, 1.82) is 0 Å². The molecule has 2 heterocycles. The lowest BCUT2D eigenvalue weighted by Gasteiger charge is -2.29. The Morgan fingerprint density at radius 2 is 2.25 bits per heavy atom. The number of fused-ring (bicyclic) bond motifs is 1. The monoisotopic (exact) mass is 271 g/mol. The van der Waals surface area contributed by atoms with Gasteiger partial charge in [0.2, 0.25) is 0 Å². The summed E-state index contributed by atoms with van der Waals surface area (Å²) in [5.41, 5.74) is 0.616. The van der Waals surface area contributed by atoms with Crippen molar-refractivity contribution < 1.29 is 4.79 Å². The van der Waals surface area contributed by atoms with Gasteiger partial charge in [-0.1, -0.05) is 12.1 Å². The van der Waals surface area contributed by atoms with Gasteiger partial charge in [0.1, 0.15) is 12.1 Å². The van der Waals surface area contributed by atoms with Gasteiger partial charge in [-0.2, -0.15) is 0 Å². The number of aldehydes is 1. The molecule has 5 nitrogen and oxygen atoms in total. The third-order valence-electron chi connectivity index (χ3n) is 3.77. The molecule has 1 saturated heterocycles. The molecule has 1 aliphatic rings. The fraction of sp³-hybridized carbons (Fsp3) is 0.400. The second-order valence-corrected chi connectivity index (χ2v) is 5.30. The van der Waals surface area contributed by atoms with E-state index in [0.29, 0.717) is 17.8 Å². The molecule has 0 saturated carbocycles. The van der Waals surface area contributed by atoms with Crippen LogP contribution in [0, 0.1) is 5.92 Å². The van der Waals surface area contributed by atoms with Crippen LogP contribution < -0.4 is 5.56 Å². The topological polar surface area (TPSA) is 66.1 Å². The van der Waals surface area contributed by atoms with Gasteiger partial charge in [0.25, 0.3) is 5.56 Å². The highest BCUT2D eigenvalue weighted by atomic mass is 16.1. The quantitative estimate of drug-likeness (QED) is 0.855. The number of para-hydroxylation sites is 1. The van der Waals surface area contributed by atoms with Crippen molar-refractivity contribution in [2.24, 2.45) is 5.92 Å². The highest BCUT2D eigenvalue weighted by Gasteiger charge is 2.20. The zero-order valence-corrected chi connectivity index (χ0v) is 11.2. The molecule has 5 heteroatoms.